The summed E-state index contributed by atoms with van der Waals surface area (Å²) in [5.41, 5.74) is 6.37. The van der Waals surface area contributed by atoms with Crippen LogP contribution in [0.5, 0.6) is 0 Å². The van der Waals surface area contributed by atoms with E-state index in [1.54, 1.807) is 24.3 Å². The largest absolute Gasteiger partial charge is 0.467 e. The van der Waals surface area contributed by atoms with E-state index >= 15 is 0 Å². The molecule has 1 aromatic rings. The Morgan fingerprint density at radius 3 is 2.45 bits per heavy atom. The van der Waals surface area contributed by atoms with Crippen molar-refractivity contribution in [1.29, 1.82) is 0 Å². The van der Waals surface area contributed by atoms with E-state index in [4.69, 9.17) is 15.2 Å². The summed E-state index contributed by atoms with van der Waals surface area (Å²) in [5, 5.41) is 2.60. The number of hydrogen-bond acceptors (Lipinski definition) is 5. The van der Waals surface area contributed by atoms with Crippen LogP contribution in [0.15, 0.2) is 30.3 Å². The van der Waals surface area contributed by atoms with Gasteiger partial charge in [-0.2, -0.15) is 0 Å². The minimum Gasteiger partial charge on any atom is -0.467 e. The third kappa shape index (κ3) is 4.64. The van der Waals surface area contributed by atoms with Gasteiger partial charge in [0, 0.05) is 13.7 Å². The molecule has 0 bridgehead atoms. The summed E-state index contributed by atoms with van der Waals surface area (Å²) >= 11 is 0. The van der Waals surface area contributed by atoms with E-state index in [2.05, 4.69) is 5.32 Å². The molecular formula is C14H20N2O4. The monoisotopic (exact) mass is 280 g/mol. The van der Waals surface area contributed by atoms with Crippen LogP contribution < -0.4 is 11.1 Å². The van der Waals surface area contributed by atoms with Gasteiger partial charge in [0.15, 0.2) is 6.04 Å². The molecule has 0 saturated heterocycles. The first-order valence-electron chi connectivity index (χ1n) is 6.27. The van der Waals surface area contributed by atoms with E-state index in [0.29, 0.717) is 18.6 Å². The second-order valence-corrected chi connectivity index (χ2v) is 4.26. The maximum Gasteiger partial charge on any atom is 0.333 e. The predicted molar refractivity (Wildman–Crippen MR) is 73.8 cm³/mol. The van der Waals surface area contributed by atoms with Gasteiger partial charge in [-0.3, -0.25) is 4.79 Å². The standard InChI is InChI=1S/C14H20N2O4/c1-19-9-8-11(15)13(17)16-12(14(18)20-2)10-6-4-3-5-7-10/h3-7,11-12H,8-9,15H2,1-2H3,(H,16,17). The fourth-order valence-corrected chi connectivity index (χ4v) is 1.67. The highest BCUT2D eigenvalue weighted by molar-refractivity contribution is 5.88. The molecular weight excluding hydrogens is 260 g/mol. The summed E-state index contributed by atoms with van der Waals surface area (Å²) in [6, 6.07) is 7.27. The summed E-state index contributed by atoms with van der Waals surface area (Å²) in [7, 11) is 2.81. The summed E-state index contributed by atoms with van der Waals surface area (Å²) in [5.74, 6) is -0.954. The molecule has 2 atom stereocenters. The average Bonchev–Trinajstić information content (AvgIpc) is 2.49. The second-order valence-electron chi connectivity index (χ2n) is 4.26. The molecule has 0 heterocycles. The number of amides is 1. The number of nitrogens with two attached hydrogens (primary N) is 1. The zero-order chi connectivity index (χ0) is 15.0. The van der Waals surface area contributed by atoms with Gasteiger partial charge >= 0.3 is 5.97 Å². The molecule has 2 unspecified atom stereocenters. The van der Waals surface area contributed by atoms with E-state index < -0.39 is 24.0 Å². The highest BCUT2D eigenvalue weighted by atomic mass is 16.5. The van der Waals surface area contributed by atoms with Crippen LogP contribution in [0.4, 0.5) is 0 Å². The molecule has 20 heavy (non-hydrogen) atoms. The van der Waals surface area contributed by atoms with Crippen LogP contribution in [0, 0.1) is 0 Å². The average molecular weight is 280 g/mol. The molecule has 0 aliphatic carbocycles. The number of carbonyl (C=O) groups is 2. The van der Waals surface area contributed by atoms with Gasteiger partial charge in [-0.1, -0.05) is 30.3 Å². The van der Waals surface area contributed by atoms with Gasteiger partial charge in [0.2, 0.25) is 5.91 Å². The molecule has 0 aliphatic heterocycles. The van der Waals surface area contributed by atoms with Crippen molar-refractivity contribution in [3.8, 4) is 0 Å². The third-order valence-corrected chi connectivity index (χ3v) is 2.83. The topological polar surface area (TPSA) is 90.6 Å². The molecule has 0 fully saturated rings. The Morgan fingerprint density at radius 2 is 1.90 bits per heavy atom. The Morgan fingerprint density at radius 1 is 1.25 bits per heavy atom. The lowest BCUT2D eigenvalue weighted by atomic mass is 10.1. The fourth-order valence-electron chi connectivity index (χ4n) is 1.67. The van der Waals surface area contributed by atoms with Crippen molar-refractivity contribution in [3.63, 3.8) is 0 Å². The first-order valence-corrected chi connectivity index (χ1v) is 6.27. The minimum atomic E-state index is -0.859. The quantitative estimate of drug-likeness (QED) is 0.705. The van der Waals surface area contributed by atoms with Gasteiger partial charge in [-0.15, -0.1) is 0 Å². The van der Waals surface area contributed by atoms with Crippen molar-refractivity contribution in [2.24, 2.45) is 5.73 Å². The number of esters is 1. The summed E-state index contributed by atoms with van der Waals surface area (Å²) in [6.45, 7) is 0.378. The normalized spacial score (nSPS) is 13.3. The van der Waals surface area contributed by atoms with Crippen molar-refractivity contribution in [2.45, 2.75) is 18.5 Å². The van der Waals surface area contributed by atoms with E-state index in [1.165, 1.54) is 14.2 Å². The summed E-state index contributed by atoms with van der Waals surface area (Å²) in [4.78, 5) is 23.7. The maximum absolute atomic E-state index is 12.0. The first kappa shape index (κ1) is 16.1. The van der Waals surface area contributed by atoms with Crippen LogP contribution in [0.3, 0.4) is 0 Å². The molecule has 1 rings (SSSR count). The van der Waals surface area contributed by atoms with Crippen LogP contribution in [-0.4, -0.2) is 38.7 Å². The van der Waals surface area contributed by atoms with Gasteiger partial charge in [0.25, 0.3) is 0 Å². The SMILES string of the molecule is COCCC(N)C(=O)NC(C(=O)OC)c1ccccc1. The molecule has 0 spiro atoms. The molecule has 3 N–H and O–H groups in total. The van der Waals surface area contributed by atoms with Crippen LogP contribution in [0.2, 0.25) is 0 Å². The number of ether oxygens (including phenoxy) is 2. The zero-order valence-electron chi connectivity index (χ0n) is 11.7. The lowest BCUT2D eigenvalue weighted by Gasteiger charge is -2.19. The van der Waals surface area contributed by atoms with Crippen molar-refractivity contribution in [1.82, 2.24) is 5.32 Å². The van der Waals surface area contributed by atoms with Crippen LogP contribution in [-0.2, 0) is 19.1 Å². The summed E-state index contributed by atoms with van der Waals surface area (Å²) < 4.78 is 9.58. The predicted octanol–water partition coefficient (Wildman–Crippen LogP) is 0.381. The van der Waals surface area contributed by atoms with Gasteiger partial charge in [-0.25, -0.2) is 4.79 Å². The third-order valence-electron chi connectivity index (χ3n) is 2.83. The van der Waals surface area contributed by atoms with E-state index in [0.717, 1.165) is 0 Å². The second kappa shape index (κ2) is 8.29. The van der Waals surface area contributed by atoms with Crippen LogP contribution in [0.25, 0.3) is 0 Å². The van der Waals surface area contributed by atoms with Gasteiger partial charge in [0.1, 0.15) is 0 Å². The van der Waals surface area contributed by atoms with Crippen molar-refractivity contribution in [3.05, 3.63) is 35.9 Å². The molecule has 0 saturated carbocycles. The highest BCUT2D eigenvalue weighted by Gasteiger charge is 2.25. The number of methoxy groups -OCH3 is 2. The van der Waals surface area contributed by atoms with E-state index in [-0.39, 0.29) is 0 Å². The number of nitrogens with one attached hydrogen (secondary N) is 1. The molecule has 1 aromatic carbocycles. The van der Waals surface area contributed by atoms with E-state index in [9.17, 15) is 9.59 Å². The molecule has 6 heteroatoms. The Balaban J connectivity index is 2.76. The first-order chi connectivity index (χ1) is 9.60. The number of hydrogen-bond donors (Lipinski definition) is 2. The van der Waals surface area contributed by atoms with E-state index in [1.807, 2.05) is 6.07 Å². The number of benzene rings is 1. The molecule has 0 aromatic heterocycles. The Bertz CT molecular complexity index is 436. The highest BCUT2D eigenvalue weighted by Crippen LogP contribution is 2.14. The van der Waals surface area contributed by atoms with Gasteiger partial charge in [-0.05, 0) is 12.0 Å². The Labute approximate surface area is 118 Å². The molecule has 0 aliphatic rings. The molecule has 0 radical (unpaired) electrons. The molecule has 1 amide bonds. The van der Waals surface area contributed by atoms with Crippen LogP contribution in [0.1, 0.15) is 18.0 Å². The van der Waals surface area contributed by atoms with Crippen molar-refractivity contribution in [2.75, 3.05) is 20.8 Å². The number of rotatable bonds is 7. The van der Waals surface area contributed by atoms with Crippen LogP contribution >= 0.6 is 0 Å². The van der Waals surface area contributed by atoms with Gasteiger partial charge < -0.3 is 20.5 Å². The molecule has 110 valence electrons. The lowest BCUT2D eigenvalue weighted by Crippen LogP contribution is -2.45. The van der Waals surface area contributed by atoms with Gasteiger partial charge in [0.05, 0.1) is 13.2 Å². The minimum absolute atomic E-state index is 0.378. The zero-order valence-corrected chi connectivity index (χ0v) is 11.7. The Kier molecular flexibility index (Phi) is 6.69. The summed E-state index contributed by atoms with van der Waals surface area (Å²) in [6.07, 6.45) is 0.380. The van der Waals surface area contributed by atoms with Crippen molar-refractivity contribution >= 4 is 11.9 Å². The number of carbonyl (C=O) groups excluding carboxylic acids is 2. The maximum atomic E-state index is 12.0. The van der Waals surface area contributed by atoms with Crippen molar-refractivity contribution < 1.29 is 19.1 Å². The smallest absolute Gasteiger partial charge is 0.333 e. The lowest BCUT2D eigenvalue weighted by molar-refractivity contribution is -0.145. The molecule has 6 nitrogen and oxygen atoms in total. The fraction of sp³-hybridized carbons (Fsp3) is 0.429. The Hall–Kier alpha value is -1.92.